The minimum absolute atomic E-state index is 0.190. The molecule has 19 nitrogen and oxygen atoms in total. The van der Waals surface area contributed by atoms with Crippen molar-refractivity contribution in [1.29, 1.82) is 0 Å². The molecular formula is C32H50N4O15S2. The fourth-order valence-electron chi connectivity index (χ4n) is 8.23. The maximum atomic E-state index is 13.6. The Hall–Kier alpha value is -3.08. The quantitative estimate of drug-likeness (QED) is 0.0573. The molecule has 1 heterocycles. The van der Waals surface area contributed by atoms with Crippen LogP contribution in [0.4, 0.5) is 0 Å². The summed E-state index contributed by atoms with van der Waals surface area (Å²) in [7, 11) is -4.09. The van der Waals surface area contributed by atoms with E-state index < -0.39 is 118 Å². The molecule has 5 unspecified atom stereocenters. The number of nitrogens with one attached hydrogen (secondary N) is 4. The van der Waals surface area contributed by atoms with Gasteiger partial charge in [0.05, 0.1) is 12.4 Å². The lowest BCUT2D eigenvalue weighted by Crippen LogP contribution is -2.64. The number of hydrogen-bond donors (Lipinski definition) is 10. The highest BCUT2D eigenvalue weighted by atomic mass is 32.2. The van der Waals surface area contributed by atoms with Crippen LogP contribution in [0.5, 0.6) is 0 Å². The van der Waals surface area contributed by atoms with Crippen molar-refractivity contribution in [2.24, 2.45) is 23.2 Å². The molecule has 21 heteroatoms. The fraction of sp³-hybridized carbons (Fsp3) is 0.812. The number of carboxylic acids is 2. The second-order valence-corrected chi connectivity index (χ2v) is 18.1. The lowest BCUT2D eigenvalue weighted by Gasteiger charge is -2.55. The van der Waals surface area contributed by atoms with Crippen molar-refractivity contribution in [2.75, 3.05) is 29.6 Å². The fourth-order valence-corrected chi connectivity index (χ4v) is 11.0. The Morgan fingerprint density at radius 3 is 2.02 bits per heavy atom. The zero-order chi connectivity index (χ0) is 39.2. The Labute approximate surface area is 310 Å². The molecule has 1 saturated heterocycles. The van der Waals surface area contributed by atoms with E-state index >= 15 is 0 Å². The van der Waals surface area contributed by atoms with Crippen molar-refractivity contribution >= 4 is 57.2 Å². The topological polar surface area (TPSA) is 315 Å². The maximum absolute atomic E-state index is 13.6. The Kier molecular flexibility index (Phi) is 14.5. The van der Waals surface area contributed by atoms with Crippen molar-refractivity contribution in [3.63, 3.8) is 0 Å². The zero-order valence-corrected chi connectivity index (χ0v) is 30.9. The first-order valence-electron chi connectivity index (χ1n) is 17.6. The van der Waals surface area contributed by atoms with Gasteiger partial charge in [0.25, 0.3) is 0 Å². The van der Waals surface area contributed by atoms with E-state index in [0.717, 1.165) is 50.3 Å². The third kappa shape index (κ3) is 11.2. The van der Waals surface area contributed by atoms with Crippen molar-refractivity contribution in [1.82, 2.24) is 21.3 Å². The number of aliphatic carboxylic acids is 2. The van der Waals surface area contributed by atoms with Crippen molar-refractivity contribution in [3.8, 4) is 0 Å². The number of thioether (sulfide) groups is 1. The number of carbonyl (C=O) groups is 6. The van der Waals surface area contributed by atoms with Crippen LogP contribution in [0.3, 0.4) is 0 Å². The van der Waals surface area contributed by atoms with Gasteiger partial charge in [-0.2, -0.15) is 11.8 Å². The Morgan fingerprint density at radius 1 is 0.868 bits per heavy atom. The second-order valence-electron chi connectivity index (χ2n) is 14.8. The van der Waals surface area contributed by atoms with Crippen LogP contribution in [0.2, 0.25) is 0 Å². The van der Waals surface area contributed by atoms with E-state index in [-0.39, 0.29) is 23.8 Å². The van der Waals surface area contributed by atoms with Gasteiger partial charge < -0.3 is 56.6 Å². The Balaban J connectivity index is 1.23. The number of carbonyl (C=O) groups excluding carboxylic acids is 4. The number of carboxylic acid groups (broad SMARTS) is 2. The van der Waals surface area contributed by atoms with Gasteiger partial charge in [-0.15, -0.1) is 0 Å². The predicted molar refractivity (Wildman–Crippen MR) is 184 cm³/mol. The summed E-state index contributed by atoms with van der Waals surface area (Å²) in [5.74, 6) is -6.55. The van der Waals surface area contributed by atoms with Crippen molar-refractivity contribution in [3.05, 3.63) is 0 Å². The molecule has 4 aliphatic carbocycles. The number of hydrogen-bond acceptors (Lipinski definition) is 14. The van der Waals surface area contributed by atoms with Crippen LogP contribution in [0.25, 0.3) is 0 Å². The zero-order valence-electron chi connectivity index (χ0n) is 29.2. The summed E-state index contributed by atoms with van der Waals surface area (Å²) in [5.41, 5.74) is -0.606. The van der Waals surface area contributed by atoms with Crippen LogP contribution in [-0.2, 0) is 43.3 Å². The molecule has 53 heavy (non-hydrogen) atoms. The van der Waals surface area contributed by atoms with Gasteiger partial charge in [0, 0.05) is 23.3 Å². The van der Waals surface area contributed by atoms with E-state index in [4.69, 9.17) is 9.84 Å². The van der Waals surface area contributed by atoms with Gasteiger partial charge in [-0.3, -0.25) is 24.0 Å². The largest absolute Gasteiger partial charge is 0.481 e. The third-order valence-electron chi connectivity index (χ3n) is 10.6. The van der Waals surface area contributed by atoms with Crippen LogP contribution in [0.1, 0.15) is 58.3 Å². The maximum Gasteiger partial charge on any atom is 0.327 e. The summed E-state index contributed by atoms with van der Waals surface area (Å²) < 4.78 is 30.0. The summed E-state index contributed by atoms with van der Waals surface area (Å²) in [6.07, 6.45) is -1.83. The molecule has 0 aromatic carbocycles. The van der Waals surface area contributed by atoms with E-state index in [9.17, 15) is 62.7 Å². The van der Waals surface area contributed by atoms with Crippen LogP contribution < -0.4 is 21.3 Å². The minimum atomic E-state index is -4.09. The Bertz CT molecular complexity index is 1460. The van der Waals surface area contributed by atoms with E-state index in [0.29, 0.717) is 17.8 Å². The molecule has 300 valence electrons. The molecule has 4 amide bonds. The summed E-state index contributed by atoms with van der Waals surface area (Å²) in [5, 5.41) is 67.7. The molecule has 1 aliphatic heterocycles. The average Bonchev–Trinajstić information content (AvgIpc) is 3.06. The second kappa shape index (κ2) is 18.0. The molecule has 4 bridgehead atoms. The van der Waals surface area contributed by atoms with Crippen LogP contribution >= 0.6 is 11.8 Å². The summed E-state index contributed by atoms with van der Waals surface area (Å²) >= 11 is 0.841. The first kappa shape index (κ1) is 42.7. The number of aliphatic hydroxyl groups excluding tert-OH is 4. The van der Waals surface area contributed by atoms with Crippen LogP contribution in [0.15, 0.2) is 0 Å². The van der Waals surface area contributed by atoms with Crippen LogP contribution in [0, 0.1) is 23.2 Å². The molecule has 4 saturated carbocycles. The molecule has 0 radical (unpaired) electrons. The SMILES string of the molecule is CC(NC(=O)C(CCC(=O)O)NC(=O)C12CC3CC(CC(C3)C1)C2)C(=O)NC(CSCCS(=O)(=O)CC(=O)NC1C(O)O[C@H](CO)[C@@H](O)[C@@H]1O)C(=O)O. The van der Waals surface area contributed by atoms with E-state index in [1.807, 2.05) is 0 Å². The normalized spacial score (nSPS) is 32.2. The van der Waals surface area contributed by atoms with Crippen molar-refractivity contribution < 1.29 is 72.6 Å². The number of amides is 4. The molecule has 0 aromatic rings. The van der Waals surface area contributed by atoms with Crippen molar-refractivity contribution in [2.45, 2.75) is 107 Å². The van der Waals surface area contributed by atoms with Gasteiger partial charge in [0.2, 0.25) is 23.6 Å². The van der Waals surface area contributed by atoms with Gasteiger partial charge in [-0.05, 0) is 69.6 Å². The monoisotopic (exact) mass is 794 g/mol. The summed E-state index contributed by atoms with van der Waals surface area (Å²) in [4.78, 5) is 75.3. The van der Waals surface area contributed by atoms with Gasteiger partial charge in [-0.1, -0.05) is 0 Å². The predicted octanol–water partition coefficient (Wildman–Crippen LogP) is -3.31. The number of aliphatic hydroxyl groups is 4. The van der Waals surface area contributed by atoms with Gasteiger partial charge >= 0.3 is 11.9 Å². The number of sulfone groups is 1. The molecule has 8 atom stereocenters. The molecule has 0 spiro atoms. The standard InChI is InChI=1S/C32H50N4O15S2/c1-15(33-28(44)19(2-3-23(39)40)35-31(48)32-9-16-6-17(10-32)8-18(7-16)11-32)27(43)34-20(29(45)46)13-52-4-5-53(49,50)14-22(38)36-24-26(42)25(41)21(12-37)51-30(24)47/h15-21,24-26,30,37,41-42,47H,2-14H2,1H3,(H,33,44)(H,34,43)(H,35,48)(H,36,38)(H,39,40)(H,45,46)/t15?,16?,17?,18?,19?,20?,21-,24?,25-,26-,30?,32?/m1/s1. The first-order valence-corrected chi connectivity index (χ1v) is 20.5. The van der Waals surface area contributed by atoms with E-state index in [2.05, 4.69) is 21.3 Å². The van der Waals surface area contributed by atoms with Gasteiger partial charge in [0.1, 0.15) is 48.2 Å². The Morgan fingerprint density at radius 2 is 1.47 bits per heavy atom. The highest BCUT2D eigenvalue weighted by Crippen LogP contribution is 2.60. The summed E-state index contributed by atoms with van der Waals surface area (Å²) in [6.45, 7) is 0.554. The average molecular weight is 795 g/mol. The lowest BCUT2D eigenvalue weighted by atomic mass is 9.49. The van der Waals surface area contributed by atoms with Crippen LogP contribution in [-0.4, -0.2) is 153 Å². The van der Waals surface area contributed by atoms with E-state index in [1.165, 1.54) is 6.92 Å². The molecule has 10 N–H and O–H groups in total. The summed E-state index contributed by atoms with van der Waals surface area (Å²) in [6, 6.07) is -5.63. The molecule has 0 aromatic heterocycles. The highest BCUT2D eigenvalue weighted by molar-refractivity contribution is 8.00. The number of ether oxygens (including phenoxy) is 1. The minimum Gasteiger partial charge on any atom is -0.481 e. The van der Waals surface area contributed by atoms with Gasteiger partial charge in [-0.25, -0.2) is 13.2 Å². The third-order valence-corrected chi connectivity index (χ3v) is 13.4. The smallest absolute Gasteiger partial charge is 0.327 e. The highest BCUT2D eigenvalue weighted by Gasteiger charge is 2.55. The first-order chi connectivity index (χ1) is 24.8. The lowest BCUT2D eigenvalue weighted by molar-refractivity contribution is -0.253. The molecule has 5 rings (SSSR count). The molecular weight excluding hydrogens is 744 g/mol. The number of rotatable bonds is 19. The van der Waals surface area contributed by atoms with Gasteiger partial charge in [0.15, 0.2) is 16.1 Å². The van der Waals surface area contributed by atoms with E-state index in [1.54, 1.807) is 0 Å². The molecule has 5 fully saturated rings. The molecule has 5 aliphatic rings.